The average Bonchev–Trinajstić information content (AvgIpc) is 2.69. The highest BCUT2D eigenvalue weighted by molar-refractivity contribution is 5.58. The first-order valence-electron chi connectivity index (χ1n) is 10.1. The first-order chi connectivity index (χ1) is 12.7. The number of halogens is 1. The van der Waals surface area contributed by atoms with E-state index in [1.165, 1.54) is 62.6 Å². The number of benzene rings is 1. The quantitative estimate of drug-likeness (QED) is 0.490. The van der Waals surface area contributed by atoms with E-state index in [2.05, 4.69) is 36.2 Å². The van der Waals surface area contributed by atoms with Crippen LogP contribution in [0.4, 0.5) is 4.39 Å². The number of pyridine rings is 1. The van der Waals surface area contributed by atoms with E-state index in [9.17, 15) is 4.39 Å². The lowest BCUT2D eigenvalue weighted by Crippen LogP contribution is -2.13. The predicted molar refractivity (Wildman–Crippen MR) is 107 cm³/mol. The van der Waals surface area contributed by atoms with Crippen LogP contribution in [0.2, 0.25) is 0 Å². The molecule has 0 amide bonds. The second-order valence-corrected chi connectivity index (χ2v) is 7.59. The summed E-state index contributed by atoms with van der Waals surface area (Å²) in [6, 6.07) is 10.8. The number of unbranched alkanes of at least 4 members (excludes halogenated alkanes) is 1. The molecule has 1 aromatic heterocycles. The minimum absolute atomic E-state index is 0.207. The Morgan fingerprint density at radius 1 is 1.04 bits per heavy atom. The number of aromatic nitrogens is 1. The van der Waals surface area contributed by atoms with Gasteiger partial charge in [-0.05, 0) is 92.7 Å². The summed E-state index contributed by atoms with van der Waals surface area (Å²) < 4.78 is 13.0. The van der Waals surface area contributed by atoms with Crippen LogP contribution in [-0.4, -0.2) is 4.98 Å². The van der Waals surface area contributed by atoms with E-state index in [0.29, 0.717) is 0 Å². The summed E-state index contributed by atoms with van der Waals surface area (Å²) >= 11 is 0. The molecule has 0 radical (unpaired) electrons. The monoisotopic (exact) mass is 351 g/mol. The van der Waals surface area contributed by atoms with Crippen LogP contribution in [0.5, 0.6) is 0 Å². The van der Waals surface area contributed by atoms with Crippen molar-refractivity contribution in [1.82, 2.24) is 4.98 Å². The Morgan fingerprint density at radius 2 is 1.81 bits per heavy atom. The third-order valence-corrected chi connectivity index (χ3v) is 5.56. The maximum atomic E-state index is 13.0. The fraction of sp³-hybridized carbons (Fsp3) is 0.458. The van der Waals surface area contributed by atoms with Crippen LogP contribution in [0.3, 0.4) is 0 Å². The second kappa shape index (κ2) is 9.66. The van der Waals surface area contributed by atoms with Gasteiger partial charge in [-0.3, -0.25) is 4.98 Å². The fourth-order valence-corrected chi connectivity index (χ4v) is 3.86. The number of allylic oxidation sites excluding steroid dienone is 2. The van der Waals surface area contributed by atoms with Gasteiger partial charge < -0.3 is 0 Å². The molecule has 2 aromatic rings. The molecule has 0 N–H and O–H groups in total. The van der Waals surface area contributed by atoms with Crippen molar-refractivity contribution in [3.63, 3.8) is 0 Å². The highest BCUT2D eigenvalue weighted by Crippen LogP contribution is 2.32. The summed E-state index contributed by atoms with van der Waals surface area (Å²) in [7, 11) is 0. The van der Waals surface area contributed by atoms with Gasteiger partial charge in [0.1, 0.15) is 5.82 Å². The summed E-state index contributed by atoms with van der Waals surface area (Å²) in [6.45, 7) is 2.24. The molecule has 1 fully saturated rings. The summed E-state index contributed by atoms with van der Waals surface area (Å²) in [5.74, 6) is 1.47. The number of aryl methyl sites for hydroxylation is 1. The zero-order valence-corrected chi connectivity index (χ0v) is 15.8. The van der Waals surface area contributed by atoms with E-state index >= 15 is 0 Å². The smallest absolute Gasteiger partial charge is 0.123 e. The van der Waals surface area contributed by atoms with Gasteiger partial charge in [0.25, 0.3) is 0 Å². The number of hydrogen-bond acceptors (Lipinski definition) is 1. The normalized spacial score (nSPS) is 20.5. The number of nitrogens with zero attached hydrogens (tertiary/aromatic N) is 1. The minimum Gasteiger partial charge on any atom is -0.256 e. The van der Waals surface area contributed by atoms with E-state index in [-0.39, 0.29) is 5.82 Å². The zero-order valence-electron chi connectivity index (χ0n) is 15.8. The molecule has 1 aliphatic rings. The molecule has 0 bridgehead atoms. The molecule has 1 nitrogen and oxygen atoms in total. The molecular weight excluding hydrogens is 321 g/mol. The standard InChI is InChI=1S/C24H30FN/c1-2-3-4-5-19-6-8-20(9-7-19)10-11-21-12-17-24(26-18-21)22-13-15-23(25)16-14-22/h4-5,12-20H,2-3,6-11H2,1H3. The molecule has 0 atom stereocenters. The SMILES string of the molecule is CCCC=CC1CCC(CCc2ccc(-c3ccc(F)cc3)nc2)CC1. The van der Waals surface area contributed by atoms with Crippen molar-refractivity contribution in [2.45, 2.75) is 58.3 Å². The van der Waals surface area contributed by atoms with Crippen molar-refractivity contribution in [1.29, 1.82) is 0 Å². The van der Waals surface area contributed by atoms with E-state index < -0.39 is 0 Å². The Morgan fingerprint density at radius 3 is 2.46 bits per heavy atom. The molecule has 1 heterocycles. The van der Waals surface area contributed by atoms with Crippen LogP contribution in [0.15, 0.2) is 54.7 Å². The van der Waals surface area contributed by atoms with Crippen molar-refractivity contribution in [2.75, 3.05) is 0 Å². The van der Waals surface area contributed by atoms with Crippen molar-refractivity contribution in [3.8, 4) is 11.3 Å². The molecule has 1 aromatic carbocycles. The summed E-state index contributed by atoms with van der Waals surface area (Å²) in [5.41, 5.74) is 3.18. The van der Waals surface area contributed by atoms with E-state index in [4.69, 9.17) is 0 Å². The van der Waals surface area contributed by atoms with Crippen molar-refractivity contribution < 1.29 is 4.39 Å². The maximum absolute atomic E-state index is 13.0. The lowest BCUT2D eigenvalue weighted by atomic mass is 9.79. The maximum Gasteiger partial charge on any atom is 0.123 e. The van der Waals surface area contributed by atoms with E-state index in [1.54, 1.807) is 12.1 Å². The molecule has 138 valence electrons. The lowest BCUT2D eigenvalue weighted by Gasteiger charge is -2.26. The van der Waals surface area contributed by atoms with Gasteiger partial charge in [0, 0.05) is 11.8 Å². The molecule has 0 aliphatic heterocycles. The molecule has 26 heavy (non-hydrogen) atoms. The van der Waals surface area contributed by atoms with Gasteiger partial charge in [-0.2, -0.15) is 0 Å². The van der Waals surface area contributed by atoms with Gasteiger partial charge >= 0.3 is 0 Å². The molecule has 0 saturated heterocycles. The first kappa shape index (κ1) is 18.8. The molecule has 2 heteroatoms. The summed E-state index contributed by atoms with van der Waals surface area (Å²) in [4.78, 5) is 4.56. The highest BCUT2D eigenvalue weighted by Gasteiger charge is 2.19. The van der Waals surface area contributed by atoms with E-state index in [1.807, 2.05) is 6.20 Å². The zero-order chi connectivity index (χ0) is 18.2. The number of hydrogen-bond donors (Lipinski definition) is 0. The third kappa shape index (κ3) is 5.52. The van der Waals surface area contributed by atoms with E-state index in [0.717, 1.165) is 29.5 Å². The van der Waals surface area contributed by atoms with Gasteiger partial charge in [0.05, 0.1) is 5.69 Å². The Balaban J connectivity index is 1.45. The third-order valence-electron chi connectivity index (χ3n) is 5.56. The Hall–Kier alpha value is -1.96. The van der Waals surface area contributed by atoms with Crippen LogP contribution >= 0.6 is 0 Å². The average molecular weight is 352 g/mol. The molecule has 0 unspecified atom stereocenters. The number of rotatable bonds is 7. The molecule has 3 rings (SSSR count). The Labute approximate surface area is 157 Å². The van der Waals surface area contributed by atoms with Gasteiger partial charge in [0.2, 0.25) is 0 Å². The predicted octanol–water partition coefficient (Wildman–Crippen LogP) is 6.98. The second-order valence-electron chi connectivity index (χ2n) is 7.59. The Bertz CT molecular complexity index is 679. The molecule has 1 aliphatic carbocycles. The van der Waals surface area contributed by atoms with Crippen molar-refractivity contribution in [2.24, 2.45) is 11.8 Å². The van der Waals surface area contributed by atoms with Crippen LogP contribution in [0.1, 0.15) is 57.4 Å². The lowest BCUT2D eigenvalue weighted by molar-refractivity contribution is 0.296. The van der Waals surface area contributed by atoms with Crippen LogP contribution in [-0.2, 0) is 6.42 Å². The molecular formula is C24H30FN. The first-order valence-corrected chi connectivity index (χ1v) is 10.1. The van der Waals surface area contributed by atoms with Gasteiger partial charge in [-0.1, -0.05) is 31.6 Å². The van der Waals surface area contributed by atoms with Gasteiger partial charge in [0.15, 0.2) is 0 Å². The van der Waals surface area contributed by atoms with Crippen LogP contribution in [0.25, 0.3) is 11.3 Å². The fourth-order valence-electron chi connectivity index (χ4n) is 3.86. The van der Waals surface area contributed by atoms with Crippen LogP contribution in [0, 0.1) is 17.7 Å². The van der Waals surface area contributed by atoms with Crippen LogP contribution < -0.4 is 0 Å². The van der Waals surface area contributed by atoms with Crippen molar-refractivity contribution in [3.05, 3.63) is 66.1 Å². The summed E-state index contributed by atoms with van der Waals surface area (Å²) in [5, 5.41) is 0. The van der Waals surface area contributed by atoms with Crippen molar-refractivity contribution >= 4 is 0 Å². The van der Waals surface area contributed by atoms with Gasteiger partial charge in [-0.15, -0.1) is 0 Å². The van der Waals surface area contributed by atoms with Gasteiger partial charge in [-0.25, -0.2) is 4.39 Å². The highest BCUT2D eigenvalue weighted by atomic mass is 19.1. The minimum atomic E-state index is -0.207. The summed E-state index contributed by atoms with van der Waals surface area (Å²) in [6.07, 6.45) is 17.1. The molecule has 1 saturated carbocycles. The topological polar surface area (TPSA) is 12.9 Å². The largest absolute Gasteiger partial charge is 0.256 e. The molecule has 0 spiro atoms. The Kier molecular flexibility index (Phi) is 6.99.